The van der Waals surface area contributed by atoms with Crippen LogP contribution in [0.5, 0.6) is 11.5 Å². The number of carbonyl (C=O) groups is 1. The molecule has 4 nitrogen and oxygen atoms in total. The summed E-state index contributed by atoms with van der Waals surface area (Å²) in [6.07, 6.45) is 2.93. The van der Waals surface area contributed by atoms with Gasteiger partial charge in [-0.05, 0) is 44.0 Å². The van der Waals surface area contributed by atoms with Crippen LogP contribution in [0.15, 0.2) is 18.2 Å². The summed E-state index contributed by atoms with van der Waals surface area (Å²) in [7, 11) is 1.60. The standard InChI is InChI=1S/C16H23NO3/c1-3-9-20-13-6-7-15(19-2)14(10-13)16(18)12-5-4-8-17-11-12/h6-7,10,12,17H,3-5,8-9,11H2,1-2H3. The van der Waals surface area contributed by atoms with E-state index < -0.39 is 0 Å². The number of ketones is 1. The smallest absolute Gasteiger partial charge is 0.171 e. The molecular formula is C16H23NO3. The molecule has 0 spiro atoms. The third kappa shape index (κ3) is 3.51. The summed E-state index contributed by atoms with van der Waals surface area (Å²) in [5, 5.41) is 3.28. The molecule has 20 heavy (non-hydrogen) atoms. The van der Waals surface area contributed by atoms with Gasteiger partial charge in [-0.1, -0.05) is 6.92 Å². The van der Waals surface area contributed by atoms with Crippen molar-refractivity contribution in [3.05, 3.63) is 23.8 Å². The summed E-state index contributed by atoms with van der Waals surface area (Å²) < 4.78 is 10.9. The van der Waals surface area contributed by atoms with Gasteiger partial charge in [0, 0.05) is 12.5 Å². The SMILES string of the molecule is CCCOc1ccc(OC)c(C(=O)C2CCCNC2)c1. The lowest BCUT2D eigenvalue weighted by Gasteiger charge is -2.22. The third-order valence-electron chi connectivity index (χ3n) is 3.58. The van der Waals surface area contributed by atoms with Crippen molar-refractivity contribution in [2.45, 2.75) is 26.2 Å². The second-order valence-electron chi connectivity index (χ2n) is 5.12. The molecule has 4 heteroatoms. The third-order valence-corrected chi connectivity index (χ3v) is 3.58. The van der Waals surface area contributed by atoms with Crippen LogP contribution < -0.4 is 14.8 Å². The number of piperidine rings is 1. The zero-order chi connectivity index (χ0) is 14.4. The van der Waals surface area contributed by atoms with Crippen LogP contribution in [0.4, 0.5) is 0 Å². The molecule has 0 radical (unpaired) electrons. The average molecular weight is 277 g/mol. The summed E-state index contributed by atoms with van der Waals surface area (Å²) in [5.74, 6) is 1.55. The van der Waals surface area contributed by atoms with Gasteiger partial charge in [0.05, 0.1) is 19.3 Å². The lowest BCUT2D eigenvalue weighted by atomic mass is 9.90. The lowest BCUT2D eigenvalue weighted by molar-refractivity contribution is 0.0896. The van der Waals surface area contributed by atoms with Crippen molar-refractivity contribution >= 4 is 5.78 Å². The highest BCUT2D eigenvalue weighted by atomic mass is 16.5. The van der Waals surface area contributed by atoms with Crippen LogP contribution >= 0.6 is 0 Å². The van der Waals surface area contributed by atoms with Crippen molar-refractivity contribution < 1.29 is 14.3 Å². The second kappa shape index (κ2) is 7.29. The first-order valence-corrected chi connectivity index (χ1v) is 7.32. The molecule has 0 bridgehead atoms. The first kappa shape index (κ1) is 14.9. The number of rotatable bonds is 6. The predicted octanol–water partition coefficient (Wildman–Crippen LogP) is 2.67. The van der Waals surface area contributed by atoms with Gasteiger partial charge >= 0.3 is 0 Å². The monoisotopic (exact) mass is 277 g/mol. The molecule has 0 aromatic heterocycles. The van der Waals surface area contributed by atoms with E-state index in [1.165, 1.54) is 0 Å². The molecule has 1 heterocycles. The van der Waals surface area contributed by atoms with Crippen LogP contribution in [0.3, 0.4) is 0 Å². The van der Waals surface area contributed by atoms with E-state index in [1.807, 2.05) is 18.2 Å². The second-order valence-corrected chi connectivity index (χ2v) is 5.12. The normalized spacial score (nSPS) is 18.6. The number of hydrogen-bond donors (Lipinski definition) is 1. The Morgan fingerprint density at radius 1 is 1.45 bits per heavy atom. The number of nitrogens with one attached hydrogen (secondary N) is 1. The molecule has 1 saturated heterocycles. The Bertz CT molecular complexity index is 453. The van der Waals surface area contributed by atoms with E-state index >= 15 is 0 Å². The molecule has 0 aliphatic carbocycles. The van der Waals surface area contributed by atoms with Gasteiger partial charge in [-0.25, -0.2) is 0 Å². The Hall–Kier alpha value is -1.55. The highest BCUT2D eigenvalue weighted by Gasteiger charge is 2.25. The fourth-order valence-corrected chi connectivity index (χ4v) is 2.48. The lowest BCUT2D eigenvalue weighted by Crippen LogP contribution is -2.34. The molecular weight excluding hydrogens is 254 g/mol. The van der Waals surface area contributed by atoms with Gasteiger partial charge in [0.15, 0.2) is 5.78 Å². The van der Waals surface area contributed by atoms with Crippen LogP contribution in [-0.4, -0.2) is 32.6 Å². The Kier molecular flexibility index (Phi) is 5.41. The Morgan fingerprint density at radius 2 is 2.30 bits per heavy atom. The molecule has 0 amide bonds. The number of Topliss-reactive ketones (excluding diaryl/α,β-unsaturated/α-hetero) is 1. The Balaban J connectivity index is 2.20. The summed E-state index contributed by atoms with van der Waals surface area (Å²) in [5.41, 5.74) is 0.634. The fourth-order valence-electron chi connectivity index (χ4n) is 2.48. The largest absolute Gasteiger partial charge is 0.496 e. The van der Waals surface area contributed by atoms with Crippen LogP contribution in [0.1, 0.15) is 36.5 Å². The highest BCUT2D eigenvalue weighted by molar-refractivity contribution is 6.00. The molecule has 1 aromatic carbocycles. The van der Waals surface area contributed by atoms with Crippen LogP contribution in [0.2, 0.25) is 0 Å². The molecule has 1 aromatic rings. The van der Waals surface area contributed by atoms with E-state index in [0.717, 1.165) is 38.1 Å². The van der Waals surface area contributed by atoms with Crippen molar-refractivity contribution in [1.82, 2.24) is 5.32 Å². The van der Waals surface area contributed by atoms with Gasteiger partial charge in [0.2, 0.25) is 0 Å². The van der Waals surface area contributed by atoms with Gasteiger partial charge in [0.1, 0.15) is 11.5 Å². The topological polar surface area (TPSA) is 47.6 Å². The average Bonchev–Trinajstić information content (AvgIpc) is 2.52. The van der Waals surface area contributed by atoms with Gasteiger partial charge < -0.3 is 14.8 Å². The highest BCUT2D eigenvalue weighted by Crippen LogP contribution is 2.28. The van der Waals surface area contributed by atoms with Crippen LogP contribution in [0, 0.1) is 5.92 Å². The van der Waals surface area contributed by atoms with Crippen molar-refractivity contribution in [3.63, 3.8) is 0 Å². The summed E-state index contributed by atoms with van der Waals surface area (Å²) >= 11 is 0. The van der Waals surface area contributed by atoms with E-state index in [-0.39, 0.29) is 11.7 Å². The minimum absolute atomic E-state index is 0.0408. The van der Waals surface area contributed by atoms with Gasteiger partial charge in [0.25, 0.3) is 0 Å². The molecule has 1 aliphatic rings. The van der Waals surface area contributed by atoms with Gasteiger partial charge in [-0.3, -0.25) is 4.79 Å². The molecule has 1 unspecified atom stereocenters. The molecule has 2 rings (SSSR count). The summed E-state index contributed by atoms with van der Waals surface area (Å²) in [6, 6.07) is 5.48. The molecule has 1 N–H and O–H groups in total. The molecule has 110 valence electrons. The van der Waals surface area contributed by atoms with E-state index in [4.69, 9.17) is 9.47 Å². The number of methoxy groups -OCH3 is 1. The quantitative estimate of drug-likeness (QED) is 0.812. The van der Waals surface area contributed by atoms with Crippen molar-refractivity contribution in [1.29, 1.82) is 0 Å². The van der Waals surface area contributed by atoms with Gasteiger partial charge in [-0.15, -0.1) is 0 Å². The maximum absolute atomic E-state index is 12.6. The summed E-state index contributed by atoms with van der Waals surface area (Å²) in [4.78, 5) is 12.6. The van der Waals surface area contributed by atoms with E-state index in [2.05, 4.69) is 12.2 Å². The molecule has 1 fully saturated rings. The fraction of sp³-hybridized carbons (Fsp3) is 0.562. The van der Waals surface area contributed by atoms with Crippen molar-refractivity contribution in [3.8, 4) is 11.5 Å². The zero-order valence-electron chi connectivity index (χ0n) is 12.3. The minimum atomic E-state index is 0.0408. The Morgan fingerprint density at radius 3 is 2.95 bits per heavy atom. The van der Waals surface area contributed by atoms with Crippen molar-refractivity contribution in [2.24, 2.45) is 5.92 Å². The first-order valence-electron chi connectivity index (χ1n) is 7.32. The maximum atomic E-state index is 12.6. The number of hydrogen-bond acceptors (Lipinski definition) is 4. The number of carbonyl (C=O) groups excluding carboxylic acids is 1. The predicted molar refractivity (Wildman–Crippen MR) is 78.7 cm³/mol. The number of ether oxygens (including phenoxy) is 2. The Labute approximate surface area is 120 Å². The van der Waals surface area contributed by atoms with Crippen LogP contribution in [-0.2, 0) is 0 Å². The van der Waals surface area contributed by atoms with Gasteiger partial charge in [-0.2, -0.15) is 0 Å². The minimum Gasteiger partial charge on any atom is -0.496 e. The molecule has 0 saturated carbocycles. The molecule has 1 aliphatic heterocycles. The van der Waals surface area contributed by atoms with E-state index in [0.29, 0.717) is 17.9 Å². The first-order chi connectivity index (χ1) is 9.76. The zero-order valence-corrected chi connectivity index (χ0v) is 12.3. The van der Waals surface area contributed by atoms with Crippen LogP contribution in [0.25, 0.3) is 0 Å². The number of benzene rings is 1. The van der Waals surface area contributed by atoms with E-state index in [1.54, 1.807) is 7.11 Å². The molecule has 1 atom stereocenters. The van der Waals surface area contributed by atoms with Crippen molar-refractivity contribution in [2.75, 3.05) is 26.8 Å². The summed E-state index contributed by atoms with van der Waals surface area (Å²) in [6.45, 7) is 4.47. The van der Waals surface area contributed by atoms with E-state index in [9.17, 15) is 4.79 Å². The maximum Gasteiger partial charge on any atom is 0.171 e.